The first-order chi connectivity index (χ1) is 12.3. The summed E-state index contributed by atoms with van der Waals surface area (Å²) in [7, 11) is 0. The molecule has 2 heterocycles. The van der Waals surface area contributed by atoms with Crippen LogP contribution < -0.4 is 5.56 Å². The van der Waals surface area contributed by atoms with E-state index >= 15 is 0 Å². The maximum Gasteiger partial charge on any atom is 0.264 e. The quantitative estimate of drug-likeness (QED) is 0.549. The highest BCUT2D eigenvalue weighted by molar-refractivity contribution is 5.92. The Morgan fingerprint density at radius 2 is 1.56 bits per heavy atom. The number of nitrogens with zero attached hydrogens (tertiary/aromatic N) is 2. The number of fused-ring (bicyclic) bond motifs is 1. The minimum atomic E-state index is -0.0149. The van der Waals surface area contributed by atoms with E-state index in [0.717, 1.165) is 29.7 Å². The largest absolute Gasteiger partial charge is 0.355 e. The summed E-state index contributed by atoms with van der Waals surface area (Å²) < 4.78 is 7.46. The topological polar surface area (TPSA) is 48.0 Å². The van der Waals surface area contributed by atoms with Crippen molar-refractivity contribution in [2.75, 3.05) is 0 Å². The molecule has 1 saturated carbocycles. The van der Waals surface area contributed by atoms with Gasteiger partial charge in [-0.15, -0.1) is 0 Å². The summed E-state index contributed by atoms with van der Waals surface area (Å²) in [5.74, 6) is 0. The standard InChI is InChI=1S/C21H16N2O2/c24-21-19-18(25-22-20(19)15-9-5-2-6-10-15)13-17(23(21)16-11-12-16)14-7-3-1-4-8-14/h1-10,13,16H,11-12H2. The lowest BCUT2D eigenvalue weighted by molar-refractivity contribution is 0.459. The summed E-state index contributed by atoms with van der Waals surface area (Å²) in [6, 6.07) is 21.9. The van der Waals surface area contributed by atoms with Gasteiger partial charge in [0.05, 0.1) is 5.69 Å². The molecule has 0 N–H and O–H groups in total. The minimum absolute atomic E-state index is 0.0149. The van der Waals surface area contributed by atoms with Gasteiger partial charge in [0.1, 0.15) is 11.1 Å². The lowest BCUT2D eigenvalue weighted by Crippen LogP contribution is -2.21. The van der Waals surface area contributed by atoms with Crippen LogP contribution >= 0.6 is 0 Å². The van der Waals surface area contributed by atoms with Gasteiger partial charge in [-0.05, 0) is 18.4 Å². The molecule has 1 aliphatic carbocycles. The summed E-state index contributed by atoms with van der Waals surface area (Å²) >= 11 is 0. The van der Waals surface area contributed by atoms with E-state index in [4.69, 9.17) is 4.52 Å². The zero-order valence-corrected chi connectivity index (χ0v) is 13.6. The molecule has 1 fully saturated rings. The maximum atomic E-state index is 13.3. The zero-order valence-electron chi connectivity index (χ0n) is 13.6. The summed E-state index contributed by atoms with van der Waals surface area (Å²) in [6.07, 6.45) is 2.08. The van der Waals surface area contributed by atoms with Crippen molar-refractivity contribution >= 4 is 11.0 Å². The Labute approximate surface area is 144 Å². The Bertz CT molecular complexity index is 1110. The molecule has 0 spiro atoms. The number of hydrogen-bond donors (Lipinski definition) is 0. The molecule has 0 atom stereocenters. The molecule has 4 nitrogen and oxygen atoms in total. The van der Waals surface area contributed by atoms with Crippen LogP contribution in [0.5, 0.6) is 0 Å². The highest BCUT2D eigenvalue weighted by atomic mass is 16.5. The van der Waals surface area contributed by atoms with Gasteiger partial charge in [0.25, 0.3) is 5.56 Å². The summed E-state index contributed by atoms with van der Waals surface area (Å²) in [4.78, 5) is 13.3. The fourth-order valence-electron chi connectivity index (χ4n) is 3.35. The van der Waals surface area contributed by atoms with Crippen LogP contribution in [-0.2, 0) is 0 Å². The third kappa shape index (κ3) is 2.30. The van der Waals surface area contributed by atoms with E-state index < -0.39 is 0 Å². The van der Waals surface area contributed by atoms with E-state index in [1.165, 1.54) is 0 Å². The van der Waals surface area contributed by atoms with Gasteiger partial charge in [0.2, 0.25) is 0 Å². The molecule has 4 heteroatoms. The molecular formula is C21H16N2O2. The second-order valence-electron chi connectivity index (χ2n) is 6.44. The predicted octanol–water partition coefficient (Wildman–Crippen LogP) is 4.66. The first-order valence-corrected chi connectivity index (χ1v) is 8.49. The minimum Gasteiger partial charge on any atom is -0.355 e. The second-order valence-corrected chi connectivity index (χ2v) is 6.44. The molecule has 122 valence electrons. The monoisotopic (exact) mass is 328 g/mol. The van der Waals surface area contributed by atoms with Gasteiger partial charge in [-0.3, -0.25) is 4.79 Å². The molecular weight excluding hydrogens is 312 g/mol. The van der Waals surface area contributed by atoms with Gasteiger partial charge in [-0.25, -0.2) is 0 Å². The fraction of sp³-hybridized carbons (Fsp3) is 0.143. The molecule has 0 unspecified atom stereocenters. The first-order valence-electron chi connectivity index (χ1n) is 8.49. The van der Waals surface area contributed by atoms with Crippen LogP contribution in [0.15, 0.2) is 76.0 Å². The second kappa shape index (κ2) is 5.45. The molecule has 2 aromatic carbocycles. The third-order valence-corrected chi connectivity index (χ3v) is 4.71. The molecule has 0 radical (unpaired) electrons. The van der Waals surface area contributed by atoms with Gasteiger partial charge in [0, 0.05) is 17.7 Å². The molecule has 5 rings (SSSR count). The average Bonchev–Trinajstić information content (AvgIpc) is 3.41. The lowest BCUT2D eigenvalue weighted by atomic mass is 10.1. The zero-order chi connectivity index (χ0) is 16.8. The molecule has 0 saturated heterocycles. The Kier molecular flexibility index (Phi) is 3.10. The number of rotatable bonds is 3. The highest BCUT2D eigenvalue weighted by Gasteiger charge is 2.30. The number of pyridine rings is 1. The van der Waals surface area contributed by atoms with Crippen molar-refractivity contribution in [1.82, 2.24) is 9.72 Å². The number of benzene rings is 2. The van der Waals surface area contributed by atoms with E-state index in [0.29, 0.717) is 16.7 Å². The van der Waals surface area contributed by atoms with Crippen LogP contribution in [0.25, 0.3) is 33.5 Å². The predicted molar refractivity (Wildman–Crippen MR) is 97.4 cm³/mol. The molecule has 25 heavy (non-hydrogen) atoms. The van der Waals surface area contributed by atoms with Gasteiger partial charge >= 0.3 is 0 Å². The Balaban J connectivity index is 1.82. The SMILES string of the molecule is O=c1c2c(-c3ccccc3)noc2cc(-c2ccccc2)n1C1CC1. The average molecular weight is 328 g/mol. The van der Waals surface area contributed by atoms with Crippen LogP contribution in [-0.4, -0.2) is 9.72 Å². The Morgan fingerprint density at radius 3 is 2.20 bits per heavy atom. The van der Waals surface area contributed by atoms with Crippen molar-refractivity contribution in [1.29, 1.82) is 0 Å². The van der Waals surface area contributed by atoms with E-state index in [1.54, 1.807) is 0 Å². The number of hydrogen-bond acceptors (Lipinski definition) is 3. The lowest BCUT2D eigenvalue weighted by Gasteiger charge is -2.12. The Morgan fingerprint density at radius 1 is 0.920 bits per heavy atom. The molecule has 0 aliphatic heterocycles. The first kappa shape index (κ1) is 14.2. The van der Waals surface area contributed by atoms with Crippen LogP contribution in [0.4, 0.5) is 0 Å². The van der Waals surface area contributed by atoms with Crippen LogP contribution in [0, 0.1) is 0 Å². The Hall–Kier alpha value is -3.14. The summed E-state index contributed by atoms with van der Waals surface area (Å²) in [5, 5.41) is 4.76. The third-order valence-electron chi connectivity index (χ3n) is 4.71. The fourth-order valence-corrected chi connectivity index (χ4v) is 3.35. The van der Waals surface area contributed by atoms with Crippen molar-refractivity contribution in [3.05, 3.63) is 77.1 Å². The van der Waals surface area contributed by atoms with Crippen LogP contribution in [0.1, 0.15) is 18.9 Å². The maximum absolute atomic E-state index is 13.3. The summed E-state index contributed by atoms with van der Waals surface area (Å²) in [6.45, 7) is 0. The van der Waals surface area contributed by atoms with E-state index in [2.05, 4.69) is 5.16 Å². The van der Waals surface area contributed by atoms with E-state index in [1.807, 2.05) is 71.3 Å². The van der Waals surface area contributed by atoms with Crippen molar-refractivity contribution in [2.45, 2.75) is 18.9 Å². The molecule has 0 amide bonds. The molecule has 2 aromatic heterocycles. The van der Waals surface area contributed by atoms with Gasteiger partial charge in [-0.1, -0.05) is 65.8 Å². The highest BCUT2D eigenvalue weighted by Crippen LogP contribution is 2.39. The van der Waals surface area contributed by atoms with Gasteiger partial charge in [-0.2, -0.15) is 0 Å². The normalized spacial score (nSPS) is 14.1. The molecule has 1 aliphatic rings. The number of aromatic nitrogens is 2. The van der Waals surface area contributed by atoms with Crippen LogP contribution in [0.2, 0.25) is 0 Å². The van der Waals surface area contributed by atoms with Crippen LogP contribution in [0.3, 0.4) is 0 Å². The van der Waals surface area contributed by atoms with E-state index in [9.17, 15) is 4.79 Å². The van der Waals surface area contributed by atoms with Gasteiger partial charge in [0.15, 0.2) is 5.58 Å². The summed E-state index contributed by atoms with van der Waals surface area (Å²) in [5.41, 5.74) is 3.96. The molecule has 4 aromatic rings. The van der Waals surface area contributed by atoms with Crippen molar-refractivity contribution in [3.63, 3.8) is 0 Å². The van der Waals surface area contributed by atoms with Gasteiger partial charge < -0.3 is 9.09 Å². The molecule has 0 bridgehead atoms. The van der Waals surface area contributed by atoms with E-state index in [-0.39, 0.29) is 11.6 Å². The van der Waals surface area contributed by atoms with Crippen molar-refractivity contribution in [3.8, 4) is 22.5 Å². The van der Waals surface area contributed by atoms with Crippen molar-refractivity contribution < 1.29 is 4.52 Å². The van der Waals surface area contributed by atoms with Crippen molar-refractivity contribution in [2.24, 2.45) is 0 Å². The smallest absolute Gasteiger partial charge is 0.264 e.